The van der Waals surface area contributed by atoms with Crippen LogP contribution in [0.15, 0.2) is 31.0 Å². The lowest BCUT2D eigenvalue weighted by Gasteiger charge is -1.84. The van der Waals surface area contributed by atoms with Crippen LogP contribution >= 0.6 is 0 Å². The molecule has 0 aliphatic rings. The van der Waals surface area contributed by atoms with Crippen molar-refractivity contribution in [2.24, 2.45) is 0 Å². The molecule has 0 heterocycles. The van der Waals surface area contributed by atoms with Crippen molar-refractivity contribution in [3.8, 4) is 0 Å². The third kappa shape index (κ3) is 5.26. The highest BCUT2D eigenvalue weighted by Crippen LogP contribution is 1.94. The van der Waals surface area contributed by atoms with Gasteiger partial charge in [0.25, 0.3) is 0 Å². The van der Waals surface area contributed by atoms with Gasteiger partial charge in [0, 0.05) is 0 Å². The van der Waals surface area contributed by atoms with Crippen molar-refractivity contribution in [1.29, 1.82) is 0 Å². The van der Waals surface area contributed by atoms with Crippen LogP contribution in [0.25, 0.3) is 0 Å². The number of hydrogen-bond acceptors (Lipinski definition) is 0. The maximum atomic E-state index is 3.61. The molecule has 0 aromatic carbocycles. The first-order valence-electron chi connectivity index (χ1n) is 2.87. The molecule has 0 bridgehead atoms. The summed E-state index contributed by atoms with van der Waals surface area (Å²) in [6.07, 6.45) is 7.22. The predicted octanol–water partition coefficient (Wildman–Crippen LogP) is 2.68. The first kappa shape index (κ1) is 7.26. The highest BCUT2D eigenvalue weighted by molar-refractivity contribution is 4.77. The van der Waals surface area contributed by atoms with Gasteiger partial charge in [-0.2, -0.15) is 0 Å². The molecule has 0 spiro atoms. The fourth-order valence-electron chi connectivity index (χ4n) is 0.466. The van der Waals surface area contributed by atoms with Crippen molar-refractivity contribution in [1.82, 2.24) is 0 Å². The minimum absolute atomic E-state index is 1.08. The summed E-state index contributed by atoms with van der Waals surface area (Å²) < 4.78 is 0. The molecule has 0 amide bonds. The Labute approximate surface area is 51.2 Å². The van der Waals surface area contributed by atoms with E-state index in [0.29, 0.717) is 0 Å². The van der Waals surface area contributed by atoms with Crippen LogP contribution in [0.3, 0.4) is 0 Å². The van der Waals surface area contributed by atoms with Gasteiger partial charge in [-0.3, -0.25) is 0 Å². The Hall–Kier alpha value is -0.740. The summed E-state index contributed by atoms with van der Waals surface area (Å²) >= 11 is 0. The molecule has 0 radical (unpaired) electrons. The molecule has 0 fully saturated rings. The molecule has 0 saturated heterocycles. The summed E-state index contributed by atoms with van der Waals surface area (Å²) in [5, 5.41) is 0. The molecule has 0 rings (SSSR count). The van der Waals surface area contributed by atoms with E-state index >= 15 is 0 Å². The Kier molecular flexibility index (Phi) is 5.68. The molecule has 0 aromatic rings. The van der Waals surface area contributed by atoms with Crippen molar-refractivity contribution < 1.29 is 0 Å². The van der Waals surface area contributed by atoms with Crippen LogP contribution in [0.1, 0.15) is 19.3 Å². The maximum absolute atomic E-state index is 3.61. The van der Waals surface area contributed by atoms with E-state index < -0.39 is 0 Å². The summed E-state index contributed by atoms with van der Waals surface area (Å²) in [4.78, 5) is 0. The molecule has 0 aliphatic heterocycles. The minimum Gasteiger partial charge on any atom is -0.133 e. The predicted molar refractivity (Wildman–Crippen MR) is 37.8 cm³/mol. The lowest BCUT2D eigenvalue weighted by Crippen LogP contribution is -1.64. The van der Waals surface area contributed by atoms with Gasteiger partial charge in [0.2, 0.25) is 0 Å². The van der Waals surface area contributed by atoms with Crippen molar-refractivity contribution in [3.05, 3.63) is 31.0 Å². The van der Waals surface area contributed by atoms with Gasteiger partial charge < -0.3 is 0 Å². The largest absolute Gasteiger partial charge is 0.133 e. The third-order valence-corrected chi connectivity index (χ3v) is 0.901. The van der Waals surface area contributed by atoms with Crippen LogP contribution in [-0.4, -0.2) is 0 Å². The van der Waals surface area contributed by atoms with Gasteiger partial charge >= 0.3 is 0 Å². The molecule has 44 valence electrons. The molecule has 0 saturated carbocycles. The molecule has 0 unspecified atom stereocenters. The normalized spacial score (nSPS) is 7.50. The molecule has 0 aliphatic carbocycles. The van der Waals surface area contributed by atoms with E-state index in [1.165, 1.54) is 6.42 Å². The van der Waals surface area contributed by atoms with E-state index in [1.54, 1.807) is 0 Å². The molecular formula is C8H12. The molecule has 0 aromatic heterocycles. The summed E-state index contributed by atoms with van der Waals surface area (Å²) in [6.45, 7) is 7.06. The Morgan fingerprint density at radius 1 is 1.38 bits per heavy atom. The average molecular weight is 108 g/mol. The van der Waals surface area contributed by atoms with Gasteiger partial charge in [0.15, 0.2) is 0 Å². The van der Waals surface area contributed by atoms with Gasteiger partial charge in [-0.25, -0.2) is 0 Å². The fourth-order valence-corrected chi connectivity index (χ4v) is 0.466. The van der Waals surface area contributed by atoms with E-state index in [2.05, 4.69) is 18.9 Å². The molecule has 8 heavy (non-hydrogen) atoms. The Morgan fingerprint density at radius 3 is 2.62 bits per heavy atom. The van der Waals surface area contributed by atoms with E-state index in [4.69, 9.17) is 0 Å². The molecule has 0 N–H and O–H groups in total. The summed E-state index contributed by atoms with van der Waals surface area (Å²) in [6, 6.07) is 0. The molecular weight excluding hydrogens is 96.1 g/mol. The zero-order chi connectivity index (χ0) is 6.24. The second kappa shape index (κ2) is 6.26. The summed E-state index contributed by atoms with van der Waals surface area (Å²) in [5.41, 5.74) is 2.72. The van der Waals surface area contributed by atoms with Crippen molar-refractivity contribution in [2.45, 2.75) is 19.3 Å². The van der Waals surface area contributed by atoms with Crippen LogP contribution in [0.5, 0.6) is 0 Å². The van der Waals surface area contributed by atoms with E-state index in [9.17, 15) is 0 Å². The Bertz CT molecular complexity index is 94.6. The Balaban J connectivity index is 2.93. The summed E-state index contributed by atoms with van der Waals surface area (Å²) in [5.74, 6) is 0. The fraction of sp³-hybridized carbons (Fsp3) is 0.375. The second-order valence-electron chi connectivity index (χ2n) is 1.63. The first-order valence-corrected chi connectivity index (χ1v) is 2.87. The first-order chi connectivity index (χ1) is 3.91. The lowest BCUT2D eigenvalue weighted by molar-refractivity contribution is 0.870. The van der Waals surface area contributed by atoms with Gasteiger partial charge in [0.1, 0.15) is 0 Å². The van der Waals surface area contributed by atoms with Crippen LogP contribution < -0.4 is 0 Å². The third-order valence-electron chi connectivity index (χ3n) is 0.901. The van der Waals surface area contributed by atoms with Gasteiger partial charge in [-0.15, -0.1) is 12.3 Å². The molecule has 0 atom stereocenters. The van der Waals surface area contributed by atoms with E-state index in [0.717, 1.165) is 12.8 Å². The van der Waals surface area contributed by atoms with Gasteiger partial charge in [-0.05, 0) is 25.3 Å². The monoisotopic (exact) mass is 108 g/mol. The maximum Gasteiger partial charge on any atom is -0.0272 e. The molecule has 0 nitrogen and oxygen atoms in total. The number of hydrogen-bond donors (Lipinski definition) is 0. The minimum atomic E-state index is 1.08. The van der Waals surface area contributed by atoms with Crippen LogP contribution in [0.4, 0.5) is 0 Å². The highest BCUT2D eigenvalue weighted by Gasteiger charge is 1.75. The quantitative estimate of drug-likeness (QED) is 0.295. The second-order valence-corrected chi connectivity index (χ2v) is 1.63. The Morgan fingerprint density at radius 2 is 2.12 bits per heavy atom. The summed E-state index contributed by atoms with van der Waals surface area (Å²) in [7, 11) is 0. The smallest absolute Gasteiger partial charge is 0.0272 e. The van der Waals surface area contributed by atoms with E-state index in [1.807, 2.05) is 12.2 Å². The van der Waals surface area contributed by atoms with Crippen LogP contribution in [-0.2, 0) is 0 Å². The zero-order valence-corrected chi connectivity index (χ0v) is 5.19. The van der Waals surface area contributed by atoms with Crippen LogP contribution in [0, 0.1) is 0 Å². The van der Waals surface area contributed by atoms with Gasteiger partial charge in [0.05, 0.1) is 0 Å². The van der Waals surface area contributed by atoms with E-state index in [-0.39, 0.29) is 0 Å². The average Bonchev–Trinajstić information content (AvgIpc) is 1.81. The highest BCUT2D eigenvalue weighted by atomic mass is 13.8. The molecule has 0 heteroatoms. The lowest BCUT2D eigenvalue weighted by atomic mass is 10.2. The topological polar surface area (TPSA) is 0 Å². The van der Waals surface area contributed by atoms with Crippen molar-refractivity contribution in [3.63, 3.8) is 0 Å². The number of unbranched alkanes of at least 4 members (excludes halogenated alkanes) is 2. The van der Waals surface area contributed by atoms with Crippen molar-refractivity contribution >= 4 is 0 Å². The SMILES string of the molecule is C=C=CCCCC=C. The number of allylic oxidation sites excluding steroid dienone is 2. The number of rotatable bonds is 4. The van der Waals surface area contributed by atoms with Crippen LogP contribution in [0.2, 0.25) is 0 Å². The standard InChI is InChI=1S/C8H12/c1-3-5-7-8-6-4-2/h3,6H,1-2,5,7-8H2. The van der Waals surface area contributed by atoms with Gasteiger partial charge in [-0.1, -0.05) is 12.7 Å². The van der Waals surface area contributed by atoms with Crippen molar-refractivity contribution in [2.75, 3.05) is 0 Å². The zero-order valence-electron chi connectivity index (χ0n) is 5.19.